The molecule has 0 aromatic heterocycles. The third-order valence-electron chi connectivity index (χ3n) is 6.61. The molecule has 0 saturated heterocycles. The minimum Gasteiger partial charge on any atom is -0.491 e. The molecule has 0 unspecified atom stereocenters. The number of likely N-dealkylation sites (N-methyl/N-ethyl adjacent to an activating group) is 1. The Labute approximate surface area is 223 Å². The molecule has 0 aliphatic carbocycles. The quantitative estimate of drug-likeness (QED) is 0.611. The zero-order valence-corrected chi connectivity index (χ0v) is 22.6. The van der Waals surface area contributed by atoms with Crippen LogP contribution in [-0.2, 0) is 4.74 Å². The van der Waals surface area contributed by atoms with Gasteiger partial charge in [-0.1, -0.05) is 26.0 Å². The highest BCUT2D eigenvalue weighted by Gasteiger charge is 2.31. The van der Waals surface area contributed by atoms with Gasteiger partial charge in [-0.25, -0.2) is 9.18 Å². The summed E-state index contributed by atoms with van der Waals surface area (Å²) >= 11 is 0. The summed E-state index contributed by atoms with van der Waals surface area (Å²) in [5.74, 6) is -1.21. The summed E-state index contributed by atoms with van der Waals surface area (Å²) < 4.78 is 26.3. The molecule has 9 nitrogen and oxygen atoms in total. The van der Waals surface area contributed by atoms with Crippen LogP contribution in [0.15, 0.2) is 42.5 Å². The van der Waals surface area contributed by atoms with E-state index in [9.17, 15) is 18.8 Å². The Morgan fingerprint density at radius 2 is 1.89 bits per heavy atom. The molecule has 1 heterocycles. The lowest BCUT2D eigenvalue weighted by molar-refractivity contribution is 0.0110. The van der Waals surface area contributed by atoms with Crippen LogP contribution in [0.2, 0.25) is 0 Å². The Kier molecular flexibility index (Phi) is 10.1. The largest absolute Gasteiger partial charge is 0.491 e. The monoisotopic (exact) mass is 528 g/mol. The van der Waals surface area contributed by atoms with E-state index in [0.29, 0.717) is 17.8 Å². The van der Waals surface area contributed by atoms with Crippen molar-refractivity contribution in [2.45, 2.75) is 39.3 Å². The van der Waals surface area contributed by atoms with Crippen LogP contribution < -0.4 is 15.4 Å². The third kappa shape index (κ3) is 7.00. The number of nitrogens with one attached hydrogen (secondary N) is 2. The van der Waals surface area contributed by atoms with Crippen molar-refractivity contribution in [2.75, 3.05) is 45.7 Å². The van der Waals surface area contributed by atoms with Crippen LogP contribution in [-0.4, -0.2) is 80.2 Å². The Morgan fingerprint density at radius 3 is 2.58 bits per heavy atom. The molecular weight excluding hydrogens is 491 g/mol. The summed E-state index contributed by atoms with van der Waals surface area (Å²) in [6.45, 7) is 6.80. The molecule has 2 aromatic carbocycles. The molecular formula is C28H37FN4O5. The normalized spacial score (nSPS) is 20.5. The number of benzene rings is 2. The average Bonchev–Trinajstić information content (AvgIpc) is 2.91. The number of carbonyl (C=O) groups is 3. The maximum Gasteiger partial charge on any atom is 0.319 e. The molecule has 1 aliphatic rings. The number of fused-ring (bicyclic) bond motifs is 1. The van der Waals surface area contributed by atoms with E-state index in [-0.39, 0.29) is 55.0 Å². The maximum atomic E-state index is 14.5. The van der Waals surface area contributed by atoms with Gasteiger partial charge in [-0.2, -0.15) is 0 Å². The zero-order valence-electron chi connectivity index (χ0n) is 22.6. The van der Waals surface area contributed by atoms with Gasteiger partial charge in [-0.3, -0.25) is 9.59 Å². The van der Waals surface area contributed by atoms with E-state index in [2.05, 4.69) is 10.6 Å². The van der Waals surface area contributed by atoms with Gasteiger partial charge in [0, 0.05) is 51.5 Å². The maximum absolute atomic E-state index is 14.5. The lowest BCUT2D eigenvalue weighted by atomic mass is 10.0. The number of anilines is 1. The molecule has 0 bridgehead atoms. The van der Waals surface area contributed by atoms with Crippen molar-refractivity contribution in [3.05, 3.63) is 59.4 Å². The topological polar surface area (TPSA) is 100 Å². The number of methoxy groups -OCH3 is 1. The molecule has 0 saturated carbocycles. The van der Waals surface area contributed by atoms with Gasteiger partial charge in [0.25, 0.3) is 11.8 Å². The predicted octanol–water partition coefficient (Wildman–Crippen LogP) is 4.00. The summed E-state index contributed by atoms with van der Waals surface area (Å²) in [5, 5.41) is 5.48. The SMILES string of the molecule is CCCNC(=O)Nc1ccc2c(c1)OC[C@@H](C)N(C(=O)c1ccccc1F)C[C@H](C)[C@H](OC)CN(C)C2=O. The van der Waals surface area contributed by atoms with Crippen LogP contribution >= 0.6 is 0 Å². The number of amides is 4. The molecule has 0 radical (unpaired) electrons. The van der Waals surface area contributed by atoms with Gasteiger partial charge in [0.15, 0.2) is 0 Å². The van der Waals surface area contributed by atoms with Crippen LogP contribution in [0.25, 0.3) is 0 Å². The van der Waals surface area contributed by atoms with E-state index < -0.39 is 17.8 Å². The molecule has 0 spiro atoms. The second-order valence-electron chi connectivity index (χ2n) is 9.63. The fourth-order valence-electron chi connectivity index (χ4n) is 4.34. The number of hydrogen-bond acceptors (Lipinski definition) is 5. The number of ether oxygens (including phenoxy) is 2. The van der Waals surface area contributed by atoms with Gasteiger partial charge in [0.2, 0.25) is 0 Å². The second-order valence-corrected chi connectivity index (χ2v) is 9.63. The first kappa shape index (κ1) is 28.9. The van der Waals surface area contributed by atoms with Crippen LogP contribution in [0.3, 0.4) is 0 Å². The van der Waals surface area contributed by atoms with E-state index in [0.717, 1.165) is 6.42 Å². The van der Waals surface area contributed by atoms with Crippen molar-refractivity contribution in [1.29, 1.82) is 0 Å². The fourth-order valence-corrected chi connectivity index (χ4v) is 4.34. The first-order chi connectivity index (χ1) is 18.2. The summed E-state index contributed by atoms with van der Waals surface area (Å²) in [6, 6.07) is 9.88. The van der Waals surface area contributed by atoms with E-state index >= 15 is 0 Å². The lowest BCUT2D eigenvalue weighted by Gasteiger charge is -2.36. The highest BCUT2D eigenvalue weighted by Crippen LogP contribution is 2.27. The minimum atomic E-state index is -0.597. The Hall–Kier alpha value is -3.66. The molecule has 3 rings (SSSR count). The molecule has 10 heteroatoms. The molecule has 4 amide bonds. The zero-order chi connectivity index (χ0) is 27.8. The summed E-state index contributed by atoms with van der Waals surface area (Å²) in [5.41, 5.74) is 0.745. The van der Waals surface area contributed by atoms with Crippen molar-refractivity contribution in [3.8, 4) is 5.75 Å². The Morgan fingerprint density at radius 1 is 1.16 bits per heavy atom. The first-order valence-electron chi connectivity index (χ1n) is 12.8. The molecule has 2 aromatic rings. The number of hydrogen-bond donors (Lipinski definition) is 2. The van der Waals surface area contributed by atoms with Gasteiger partial charge in [0.05, 0.1) is 23.3 Å². The van der Waals surface area contributed by atoms with E-state index in [4.69, 9.17) is 9.47 Å². The minimum absolute atomic E-state index is 0.0233. The van der Waals surface area contributed by atoms with E-state index in [1.54, 1.807) is 48.2 Å². The van der Waals surface area contributed by atoms with Gasteiger partial charge in [0.1, 0.15) is 18.2 Å². The lowest BCUT2D eigenvalue weighted by Crippen LogP contribution is -2.48. The van der Waals surface area contributed by atoms with Crippen molar-refractivity contribution in [3.63, 3.8) is 0 Å². The van der Waals surface area contributed by atoms with Crippen molar-refractivity contribution in [1.82, 2.24) is 15.1 Å². The second kappa shape index (κ2) is 13.2. The van der Waals surface area contributed by atoms with Crippen LogP contribution in [0, 0.1) is 11.7 Å². The van der Waals surface area contributed by atoms with Gasteiger partial charge in [-0.05, 0) is 37.6 Å². The summed E-state index contributed by atoms with van der Waals surface area (Å²) in [4.78, 5) is 42.1. The van der Waals surface area contributed by atoms with Crippen molar-refractivity contribution < 1.29 is 28.2 Å². The fraction of sp³-hybridized carbons (Fsp3) is 0.464. The molecule has 206 valence electrons. The number of nitrogens with zero attached hydrogens (tertiary/aromatic N) is 2. The highest BCUT2D eigenvalue weighted by molar-refractivity contribution is 5.98. The molecule has 38 heavy (non-hydrogen) atoms. The van der Waals surface area contributed by atoms with E-state index in [1.165, 1.54) is 18.2 Å². The van der Waals surface area contributed by atoms with Crippen molar-refractivity contribution >= 4 is 23.5 Å². The predicted molar refractivity (Wildman–Crippen MR) is 143 cm³/mol. The Bertz CT molecular complexity index is 1140. The first-order valence-corrected chi connectivity index (χ1v) is 12.8. The molecule has 2 N–H and O–H groups in total. The summed E-state index contributed by atoms with van der Waals surface area (Å²) in [7, 11) is 3.24. The average molecular weight is 529 g/mol. The van der Waals surface area contributed by atoms with Crippen LogP contribution in [0.4, 0.5) is 14.9 Å². The van der Waals surface area contributed by atoms with Crippen LogP contribution in [0.1, 0.15) is 47.9 Å². The Balaban J connectivity index is 1.97. The molecule has 3 atom stereocenters. The summed E-state index contributed by atoms with van der Waals surface area (Å²) in [6.07, 6.45) is 0.418. The van der Waals surface area contributed by atoms with Crippen molar-refractivity contribution in [2.24, 2.45) is 5.92 Å². The number of carbonyl (C=O) groups excluding carboxylic acids is 3. The number of rotatable bonds is 5. The standard InChI is InChI=1S/C28H37FN4O5/c1-6-13-30-28(36)31-20-11-12-22-24(14-20)38-17-19(3)33(27(35)21-9-7-8-10-23(21)29)15-18(2)25(37-5)16-32(4)26(22)34/h7-12,14,18-19,25H,6,13,15-17H2,1-5H3,(H2,30,31,36)/t18-,19+,25+/m0/s1. The number of urea groups is 1. The van der Waals surface area contributed by atoms with Gasteiger partial charge < -0.3 is 29.9 Å². The van der Waals surface area contributed by atoms with Crippen LogP contribution in [0.5, 0.6) is 5.75 Å². The van der Waals surface area contributed by atoms with Gasteiger partial charge >= 0.3 is 6.03 Å². The molecule has 0 fully saturated rings. The highest BCUT2D eigenvalue weighted by atomic mass is 19.1. The smallest absolute Gasteiger partial charge is 0.319 e. The third-order valence-corrected chi connectivity index (χ3v) is 6.61. The van der Waals surface area contributed by atoms with Gasteiger partial charge in [-0.15, -0.1) is 0 Å². The van der Waals surface area contributed by atoms with E-state index in [1.807, 2.05) is 20.8 Å². The number of halogens is 1. The molecule has 1 aliphatic heterocycles.